The van der Waals surface area contributed by atoms with Crippen molar-refractivity contribution in [2.75, 3.05) is 40.5 Å². The molecule has 0 bridgehead atoms. The summed E-state index contributed by atoms with van der Waals surface area (Å²) in [7, 11) is 3.47. The highest BCUT2D eigenvalue weighted by atomic mass is 16.5. The Morgan fingerprint density at radius 1 is 1.14 bits per heavy atom. The highest BCUT2D eigenvalue weighted by Gasteiger charge is 2.30. The molecule has 4 rings (SSSR count). The number of carbonyl (C=O) groups excluding carboxylic acids is 1. The largest absolute Gasteiger partial charge is 0.474 e. The van der Waals surface area contributed by atoms with Crippen molar-refractivity contribution < 1.29 is 19.0 Å². The van der Waals surface area contributed by atoms with E-state index in [-0.39, 0.29) is 18.2 Å². The Morgan fingerprint density at radius 2 is 1.86 bits per heavy atom. The van der Waals surface area contributed by atoms with Gasteiger partial charge in [-0.3, -0.25) is 0 Å². The van der Waals surface area contributed by atoms with Crippen LogP contribution in [0.4, 0.5) is 4.79 Å². The van der Waals surface area contributed by atoms with E-state index in [1.165, 1.54) is 0 Å². The molecular weight excluding hydrogens is 372 g/mol. The molecule has 2 fully saturated rings. The van der Waals surface area contributed by atoms with Crippen molar-refractivity contribution in [2.45, 2.75) is 37.8 Å². The zero-order valence-corrected chi connectivity index (χ0v) is 17.0. The summed E-state index contributed by atoms with van der Waals surface area (Å²) in [5.41, 5.74) is 0.805. The molecule has 29 heavy (non-hydrogen) atoms. The minimum absolute atomic E-state index is 0.0705. The van der Waals surface area contributed by atoms with E-state index in [2.05, 4.69) is 9.97 Å². The van der Waals surface area contributed by atoms with E-state index in [9.17, 15) is 4.79 Å². The van der Waals surface area contributed by atoms with Crippen molar-refractivity contribution >= 4 is 16.9 Å². The first kappa shape index (κ1) is 19.7. The Labute approximate surface area is 170 Å². The van der Waals surface area contributed by atoms with Crippen molar-refractivity contribution in [3.8, 4) is 11.9 Å². The molecule has 1 saturated heterocycles. The number of aromatic nitrogens is 2. The van der Waals surface area contributed by atoms with Crippen LogP contribution in [0.15, 0.2) is 24.3 Å². The predicted octanol–water partition coefficient (Wildman–Crippen LogP) is 2.71. The number of para-hydroxylation sites is 1. The number of hydrogen-bond acceptors (Lipinski definition) is 6. The molecule has 0 unspecified atom stereocenters. The Bertz CT molecular complexity index is 848. The molecule has 0 atom stereocenters. The molecule has 8 heteroatoms. The summed E-state index contributed by atoms with van der Waals surface area (Å²) < 4.78 is 16.8. The maximum Gasteiger partial charge on any atom is 0.320 e. The van der Waals surface area contributed by atoms with Gasteiger partial charge in [-0.05, 0) is 37.8 Å². The van der Waals surface area contributed by atoms with Gasteiger partial charge in [0.2, 0.25) is 5.88 Å². The van der Waals surface area contributed by atoms with Gasteiger partial charge in [0, 0.05) is 26.2 Å². The number of hydrogen-bond donors (Lipinski definition) is 0. The van der Waals surface area contributed by atoms with E-state index in [0.29, 0.717) is 38.2 Å². The van der Waals surface area contributed by atoms with Crippen LogP contribution in [-0.2, 0) is 4.74 Å². The van der Waals surface area contributed by atoms with Crippen LogP contribution in [0.3, 0.4) is 0 Å². The van der Waals surface area contributed by atoms with Crippen LogP contribution in [-0.4, -0.2) is 78.4 Å². The molecule has 2 amide bonds. The Hall–Kier alpha value is -2.61. The Morgan fingerprint density at radius 3 is 2.59 bits per heavy atom. The maximum absolute atomic E-state index is 12.7. The minimum atomic E-state index is 0.0705. The monoisotopic (exact) mass is 400 g/mol. The molecule has 0 spiro atoms. The van der Waals surface area contributed by atoms with Crippen molar-refractivity contribution in [2.24, 2.45) is 0 Å². The van der Waals surface area contributed by atoms with E-state index >= 15 is 0 Å². The quantitative estimate of drug-likeness (QED) is 0.785. The number of morpholine rings is 1. The average Bonchev–Trinajstić information content (AvgIpc) is 2.79. The number of carbonyl (C=O) groups is 1. The predicted molar refractivity (Wildman–Crippen MR) is 108 cm³/mol. The molecule has 0 N–H and O–H groups in total. The summed E-state index contributed by atoms with van der Waals surface area (Å²) in [4.78, 5) is 25.3. The molecule has 1 aromatic carbocycles. The smallest absolute Gasteiger partial charge is 0.320 e. The third-order valence-corrected chi connectivity index (χ3v) is 5.78. The molecule has 2 aliphatic rings. The lowest BCUT2D eigenvalue weighted by Crippen LogP contribution is -2.51. The molecule has 8 nitrogen and oxygen atoms in total. The molecular formula is C21H28N4O4. The SMILES string of the molecule is COc1nc(OC2CCC(N(C)C(=O)N3CCOCC3)CC2)c2ccccc2n1. The molecule has 1 aliphatic carbocycles. The second-order valence-corrected chi connectivity index (χ2v) is 7.57. The number of rotatable bonds is 4. The lowest BCUT2D eigenvalue weighted by atomic mass is 9.92. The summed E-state index contributed by atoms with van der Waals surface area (Å²) in [6, 6.07) is 8.42. The summed E-state index contributed by atoms with van der Waals surface area (Å²) in [6.07, 6.45) is 3.66. The van der Waals surface area contributed by atoms with Crippen LogP contribution in [0, 0.1) is 0 Å². The Kier molecular flexibility index (Phi) is 5.99. The zero-order chi connectivity index (χ0) is 20.2. The van der Waals surface area contributed by atoms with E-state index in [1.807, 2.05) is 41.1 Å². The number of ether oxygens (including phenoxy) is 3. The number of nitrogens with zero attached hydrogens (tertiary/aromatic N) is 4. The van der Waals surface area contributed by atoms with Crippen LogP contribution in [0.5, 0.6) is 11.9 Å². The molecule has 1 aliphatic heterocycles. The molecule has 1 aromatic heterocycles. The van der Waals surface area contributed by atoms with Gasteiger partial charge in [-0.2, -0.15) is 9.97 Å². The van der Waals surface area contributed by atoms with Crippen molar-refractivity contribution in [1.82, 2.24) is 19.8 Å². The van der Waals surface area contributed by atoms with E-state index in [0.717, 1.165) is 36.6 Å². The van der Waals surface area contributed by atoms with Gasteiger partial charge in [0.25, 0.3) is 0 Å². The topological polar surface area (TPSA) is 77.0 Å². The van der Waals surface area contributed by atoms with Crippen LogP contribution >= 0.6 is 0 Å². The number of urea groups is 1. The minimum Gasteiger partial charge on any atom is -0.474 e. The van der Waals surface area contributed by atoms with Gasteiger partial charge in [0.15, 0.2) is 0 Å². The first-order valence-electron chi connectivity index (χ1n) is 10.2. The fraction of sp³-hybridized carbons (Fsp3) is 0.571. The van der Waals surface area contributed by atoms with E-state index < -0.39 is 0 Å². The Balaban J connectivity index is 1.38. The standard InChI is InChI=1S/C21H28N4O4/c1-24(21(26)25-11-13-28-14-12-25)15-7-9-16(10-8-15)29-19-17-5-3-4-6-18(17)22-20(23-19)27-2/h3-6,15-16H,7-14H2,1-2H3. The first-order valence-corrected chi connectivity index (χ1v) is 10.2. The molecule has 2 aromatic rings. The maximum atomic E-state index is 12.7. The highest BCUT2D eigenvalue weighted by molar-refractivity contribution is 5.83. The van der Waals surface area contributed by atoms with Crippen molar-refractivity contribution in [3.05, 3.63) is 24.3 Å². The summed E-state index contributed by atoms with van der Waals surface area (Å²) in [6.45, 7) is 2.58. The van der Waals surface area contributed by atoms with Crippen molar-refractivity contribution in [3.63, 3.8) is 0 Å². The number of amides is 2. The normalized spacial score (nSPS) is 22.3. The summed E-state index contributed by atoms with van der Waals surface area (Å²) in [5, 5.41) is 0.884. The fourth-order valence-electron chi connectivity index (χ4n) is 4.05. The van der Waals surface area contributed by atoms with E-state index in [4.69, 9.17) is 14.2 Å². The van der Waals surface area contributed by atoms with Crippen LogP contribution in [0.2, 0.25) is 0 Å². The lowest BCUT2D eigenvalue weighted by molar-refractivity contribution is 0.0369. The number of benzene rings is 1. The lowest BCUT2D eigenvalue weighted by Gasteiger charge is -2.38. The molecule has 2 heterocycles. The average molecular weight is 400 g/mol. The fourth-order valence-corrected chi connectivity index (χ4v) is 4.05. The van der Waals surface area contributed by atoms with Gasteiger partial charge in [-0.1, -0.05) is 12.1 Å². The number of fused-ring (bicyclic) bond motifs is 1. The van der Waals surface area contributed by atoms with Gasteiger partial charge in [-0.15, -0.1) is 0 Å². The third-order valence-electron chi connectivity index (χ3n) is 5.78. The molecule has 1 saturated carbocycles. The molecule has 0 radical (unpaired) electrons. The van der Waals surface area contributed by atoms with Crippen molar-refractivity contribution in [1.29, 1.82) is 0 Å². The van der Waals surface area contributed by atoms with Gasteiger partial charge >= 0.3 is 12.0 Å². The van der Waals surface area contributed by atoms with Crippen LogP contribution < -0.4 is 9.47 Å². The second kappa shape index (κ2) is 8.82. The van der Waals surface area contributed by atoms with Gasteiger partial charge in [0.05, 0.1) is 31.2 Å². The second-order valence-electron chi connectivity index (χ2n) is 7.57. The van der Waals surface area contributed by atoms with Gasteiger partial charge in [-0.25, -0.2) is 4.79 Å². The molecule has 156 valence electrons. The number of methoxy groups -OCH3 is 1. The van der Waals surface area contributed by atoms with Gasteiger partial charge in [0.1, 0.15) is 6.10 Å². The van der Waals surface area contributed by atoms with Gasteiger partial charge < -0.3 is 24.0 Å². The zero-order valence-electron chi connectivity index (χ0n) is 17.0. The van der Waals surface area contributed by atoms with Crippen LogP contribution in [0.25, 0.3) is 10.9 Å². The summed E-state index contributed by atoms with van der Waals surface area (Å²) in [5.74, 6) is 0.564. The van der Waals surface area contributed by atoms with Crippen LogP contribution in [0.1, 0.15) is 25.7 Å². The van der Waals surface area contributed by atoms with E-state index in [1.54, 1.807) is 7.11 Å². The third kappa shape index (κ3) is 4.37. The summed E-state index contributed by atoms with van der Waals surface area (Å²) >= 11 is 0. The first-order chi connectivity index (χ1) is 14.2. The highest BCUT2D eigenvalue weighted by Crippen LogP contribution is 2.30.